The molecule has 2 aromatic heterocycles. The summed E-state index contributed by atoms with van der Waals surface area (Å²) in [6.07, 6.45) is 9.76. The number of ether oxygens (including phenoxy) is 1. The molecule has 33 heavy (non-hydrogen) atoms. The highest BCUT2D eigenvalue weighted by Gasteiger charge is 2.33. The van der Waals surface area contributed by atoms with Crippen molar-refractivity contribution in [1.29, 1.82) is 0 Å². The van der Waals surface area contributed by atoms with Crippen LogP contribution in [0.3, 0.4) is 0 Å². The number of carbonyl (C=O) groups is 1. The summed E-state index contributed by atoms with van der Waals surface area (Å²) in [5, 5.41) is 7.44. The van der Waals surface area contributed by atoms with E-state index in [2.05, 4.69) is 45.3 Å². The molecular formula is C25H37N5O3. The highest BCUT2D eigenvalue weighted by molar-refractivity contribution is 5.77. The molecule has 2 aliphatic rings. The number of rotatable bonds is 9. The van der Waals surface area contributed by atoms with Gasteiger partial charge in [0.2, 0.25) is 0 Å². The molecule has 0 spiro atoms. The number of amides is 1. The molecule has 0 unspecified atom stereocenters. The Morgan fingerprint density at radius 3 is 2.67 bits per heavy atom. The third kappa shape index (κ3) is 6.53. The number of hydrogen-bond donors (Lipinski definition) is 1. The van der Waals surface area contributed by atoms with Crippen LogP contribution < -0.4 is 10.1 Å². The molecule has 8 nitrogen and oxygen atoms in total. The first kappa shape index (κ1) is 23.7. The van der Waals surface area contributed by atoms with Gasteiger partial charge in [0, 0.05) is 37.5 Å². The SMILES string of the molecule is CCc1cc([C@H]2CN(CC[C@H]3CC[C@H](NC(=O)COc4cnc(C)nc4)CC3)C[C@@H]2C)no1. The van der Waals surface area contributed by atoms with Gasteiger partial charge in [0.05, 0.1) is 18.1 Å². The van der Waals surface area contributed by atoms with Crippen LogP contribution in [0.15, 0.2) is 23.0 Å². The van der Waals surface area contributed by atoms with Crippen molar-refractivity contribution in [3.05, 3.63) is 35.7 Å². The number of nitrogens with one attached hydrogen (secondary N) is 1. The van der Waals surface area contributed by atoms with Crippen LogP contribution in [0, 0.1) is 18.8 Å². The van der Waals surface area contributed by atoms with Gasteiger partial charge in [-0.1, -0.05) is 19.0 Å². The Hall–Kier alpha value is -2.48. The van der Waals surface area contributed by atoms with E-state index in [9.17, 15) is 4.79 Å². The number of carbonyl (C=O) groups excluding carboxylic acids is 1. The highest BCUT2D eigenvalue weighted by atomic mass is 16.5. The summed E-state index contributed by atoms with van der Waals surface area (Å²) in [7, 11) is 0. The van der Waals surface area contributed by atoms with Gasteiger partial charge in [0.15, 0.2) is 12.4 Å². The number of hydrogen-bond acceptors (Lipinski definition) is 7. The summed E-state index contributed by atoms with van der Waals surface area (Å²) in [5.74, 6) is 3.95. The van der Waals surface area contributed by atoms with Crippen LogP contribution in [0.25, 0.3) is 0 Å². The number of nitrogens with zero attached hydrogens (tertiary/aromatic N) is 4. The average molecular weight is 456 g/mol. The van der Waals surface area contributed by atoms with Gasteiger partial charge in [0.25, 0.3) is 5.91 Å². The second kappa shape index (κ2) is 11.1. The maximum atomic E-state index is 12.2. The fourth-order valence-electron chi connectivity index (χ4n) is 5.14. The van der Waals surface area contributed by atoms with Gasteiger partial charge in [-0.15, -0.1) is 0 Å². The molecule has 4 rings (SSSR count). The molecule has 180 valence electrons. The van der Waals surface area contributed by atoms with Crippen molar-refractivity contribution >= 4 is 5.91 Å². The van der Waals surface area contributed by atoms with Crippen LogP contribution in [0.4, 0.5) is 0 Å². The molecule has 0 bridgehead atoms. The summed E-state index contributed by atoms with van der Waals surface area (Å²) in [4.78, 5) is 23.0. The number of aryl methyl sites for hydroxylation is 2. The summed E-state index contributed by atoms with van der Waals surface area (Å²) in [6.45, 7) is 9.61. The van der Waals surface area contributed by atoms with Gasteiger partial charge in [-0.2, -0.15) is 0 Å². The number of aromatic nitrogens is 3. The van der Waals surface area contributed by atoms with E-state index in [0.717, 1.165) is 56.3 Å². The predicted octanol–water partition coefficient (Wildman–Crippen LogP) is 3.51. The van der Waals surface area contributed by atoms with E-state index in [0.29, 0.717) is 23.4 Å². The van der Waals surface area contributed by atoms with Gasteiger partial charge >= 0.3 is 0 Å². The van der Waals surface area contributed by atoms with Crippen LogP contribution >= 0.6 is 0 Å². The molecule has 2 fully saturated rings. The van der Waals surface area contributed by atoms with Crippen LogP contribution in [-0.4, -0.2) is 58.2 Å². The molecule has 0 radical (unpaired) electrons. The number of likely N-dealkylation sites (tertiary alicyclic amines) is 1. The van der Waals surface area contributed by atoms with E-state index in [4.69, 9.17) is 9.26 Å². The van der Waals surface area contributed by atoms with Crippen molar-refractivity contribution in [2.45, 2.75) is 71.3 Å². The van der Waals surface area contributed by atoms with Crippen LogP contribution in [0.5, 0.6) is 5.75 Å². The highest BCUT2D eigenvalue weighted by Crippen LogP contribution is 2.33. The lowest BCUT2D eigenvalue weighted by Crippen LogP contribution is -2.40. The van der Waals surface area contributed by atoms with Gasteiger partial charge in [-0.05, 0) is 57.4 Å². The molecule has 1 aliphatic carbocycles. The first-order valence-corrected chi connectivity index (χ1v) is 12.4. The third-order valence-corrected chi connectivity index (χ3v) is 7.19. The first-order valence-electron chi connectivity index (χ1n) is 12.4. The van der Waals surface area contributed by atoms with Gasteiger partial charge in [0.1, 0.15) is 11.6 Å². The van der Waals surface area contributed by atoms with Gasteiger partial charge in [-0.25, -0.2) is 9.97 Å². The van der Waals surface area contributed by atoms with Crippen molar-refractivity contribution in [3.63, 3.8) is 0 Å². The molecule has 1 saturated carbocycles. The smallest absolute Gasteiger partial charge is 0.258 e. The average Bonchev–Trinajstić information content (AvgIpc) is 3.44. The van der Waals surface area contributed by atoms with E-state index in [-0.39, 0.29) is 18.6 Å². The largest absolute Gasteiger partial charge is 0.481 e. The molecule has 2 aromatic rings. The first-order chi connectivity index (χ1) is 16.0. The van der Waals surface area contributed by atoms with Crippen molar-refractivity contribution in [3.8, 4) is 5.75 Å². The zero-order valence-electron chi connectivity index (χ0n) is 20.1. The Balaban J connectivity index is 1.13. The zero-order valence-corrected chi connectivity index (χ0v) is 20.1. The molecule has 3 heterocycles. The lowest BCUT2D eigenvalue weighted by molar-refractivity contribution is -0.124. The molecule has 1 saturated heterocycles. The maximum Gasteiger partial charge on any atom is 0.258 e. The van der Waals surface area contributed by atoms with Gasteiger partial charge in [-0.3, -0.25) is 4.79 Å². The minimum atomic E-state index is -0.0739. The van der Waals surface area contributed by atoms with E-state index in [1.54, 1.807) is 12.4 Å². The predicted molar refractivity (Wildman–Crippen MR) is 125 cm³/mol. The summed E-state index contributed by atoms with van der Waals surface area (Å²) < 4.78 is 10.9. The van der Waals surface area contributed by atoms with Crippen molar-refractivity contribution in [2.24, 2.45) is 11.8 Å². The Bertz CT molecular complexity index is 892. The molecule has 0 aromatic carbocycles. The van der Waals surface area contributed by atoms with Crippen LogP contribution in [-0.2, 0) is 11.2 Å². The zero-order chi connectivity index (χ0) is 23.2. The molecule has 2 atom stereocenters. The Labute approximate surface area is 196 Å². The maximum absolute atomic E-state index is 12.2. The lowest BCUT2D eigenvalue weighted by Gasteiger charge is -2.30. The van der Waals surface area contributed by atoms with E-state index in [1.165, 1.54) is 19.3 Å². The monoisotopic (exact) mass is 455 g/mol. The van der Waals surface area contributed by atoms with E-state index >= 15 is 0 Å². The fourth-order valence-corrected chi connectivity index (χ4v) is 5.14. The molecule has 1 amide bonds. The summed E-state index contributed by atoms with van der Waals surface area (Å²) >= 11 is 0. The lowest BCUT2D eigenvalue weighted by atomic mass is 9.84. The Morgan fingerprint density at radius 2 is 1.97 bits per heavy atom. The molecule has 1 N–H and O–H groups in total. The minimum Gasteiger partial charge on any atom is -0.481 e. The molecule has 1 aliphatic heterocycles. The molecular weight excluding hydrogens is 418 g/mol. The summed E-state index contributed by atoms with van der Waals surface area (Å²) in [6, 6.07) is 2.39. The quantitative estimate of drug-likeness (QED) is 0.618. The van der Waals surface area contributed by atoms with Crippen molar-refractivity contribution < 1.29 is 14.1 Å². The van der Waals surface area contributed by atoms with Crippen molar-refractivity contribution in [1.82, 2.24) is 25.3 Å². The van der Waals surface area contributed by atoms with Crippen LogP contribution in [0.2, 0.25) is 0 Å². The second-order valence-corrected chi connectivity index (χ2v) is 9.74. The molecule has 8 heteroatoms. The summed E-state index contributed by atoms with van der Waals surface area (Å²) in [5.41, 5.74) is 1.12. The Kier molecular flexibility index (Phi) is 7.96. The van der Waals surface area contributed by atoms with Crippen LogP contribution in [0.1, 0.15) is 69.1 Å². The second-order valence-electron chi connectivity index (χ2n) is 9.74. The Morgan fingerprint density at radius 1 is 1.21 bits per heavy atom. The van der Waals surface area contributed by atoms with Gasteiger partial charge < -0.3 is 19.5 Å². The van der Waals surface area contributed by atoms with E-state index in [1.807, 2.05) is 6.92 Å². The standard InChI is InChI=1S/C25H37N5O3/c1-4-21-11-24(29-33-21)23-15-30(14-17(23)2)10-9-19-5-7-20(8-6-19)28-25(31)16-32-22-12-26-18(3)27-13-22/h11-13,17,19-20,23H,4-10,14-16H2,1-3H3,(H,28,31)/t17-,19-,20-,23-/m0/s1. The third-order valence-electron chi connectivity index (χ3n) is 7.19. The fraction of sp³-hybridized carbons (Fsp3) is 0.680. The normalized spacial score (nSPS) is 25.8. The topological polar surface area (TPSA) is 93.4 Å². The van der Waals surface area contributed by atoms with Crippen molar-refractivity contribution in [2.75, 3.05) is 26.2 Å². The minimum absolute atomic E-state index is 0.00588. The van der Waals surface area contributed by atoms with E-state index < -0.39 is 0 Å².